The fourth-order valence-electron chi connectivity index (χ4n) is 4.88. The molecule has 0 saturated heterocycles. The van der Waals surface area contributed by atoms with E-state index in [2.05, 4.69) is 0 Å². The SMILES string of the molecule is CC1CC2OC3=C(C(=O)C2CC1Cl)C(c1cccc(F)c1)N(CCCN(C)C)C3=O. The number of benzene rings is 1. The molecule has 30 heavy (non-hydrogen) atoms. The number of nitrogens with zero attached hydrogens (tertiary/aromatic N) is 2. The highest BCUT2D eigenvalue weighted by Gasteiger charge is 2.53. The van der Waals surface area contributed by atoms with E-state index in [1.54, 1.807) is 17.0 Å². The Morgan fingerprint density at radius 2 is 2.03 bits per heavy atom. The number of carbonyl (C=O) groups excluding carboxylic acids is 2. The van der Waals surface area contributed by atoms with Crippen molar-refractivity contribution in [2.24, 2.45) is 11.8 Å². The topological polar surface area (TPSA) is 49.9 Å². The molecule has 7 heteroatoms. The van der Waals surface area contributed by atoms with E-state index in [0.717, 1.165) is 13.0 Å². The van der Waals surface area contributed by atoms with E-state index >= 15 is 0 Å². The van der Waals surface area contributed by atoms with Crippen LogP contribution in [0.5, 0.6) is 0 Å². The molecule has 0 spiro atoms. The van der Waals surface area contributed by atoms with E-state index in [1.165, 1.54) is 12.1 Å². The molecular formula is C23H28ClFN2O3. The summed E-state index contributed by atoms with van der Waals surface area (Å²) in [4.78, 5) is 30.6. The molecule has 2 aliphatic heterocycles. The number of ketones is 1. The molecule has 5 atom stereocenters. The molecule has 0 bridgehead atoms. The van der Waals surface area contributed by atoms with Crippen LogP contribution in [0.1, 0.15) is 37.8 Å². The maximum Gasteiger partial charge on any atom is 0.290 e. The summed E-state index contributed by atoms with van der Waals surface area (Å²) in [7, 11) is 3.94. The summed E-state index contributed by atoms with van der Waals surface area (Å²) in [6.07, 6.45) is 1.61. The first kappa shape index (κ1) is 21.3. The van der Waals surface area contributed by atoms with Crippen molar-refractivity contribution in [3.8, 4) is 0 Å². The normalized spacial score (nSPS) is 31.1. The lowest BCUT2D eigenvalue weighted by Crippen LogP contribution is -2.44. The lowest BCUT2D eigenvalue weighted by Gasteiger charge is -2.40. The summed E-state index contributed by atoms with van der Waals surface area (Å²) < 4.78 is 20.2. The number of fused-ring (bicyclic) bond motifs is 1. The number of ether oxygens (including phenoxy) is 1. The van der Waals surface area contributed by atoms with E-state index in [0.29, 0.717) is 30.5 Å². The molecule has 0 radical (unpaired) electrons. The van der Waals surface area contributed by atoms with E-state index in [1.807, 2.05) is 25.9 Å². The summed E-state index contributed by atoms with van der Waals surface area (Å²) in [6.45, 7) is 3.31. The Morgan fingerprint density at radius 3 is 2.73 bits per heavy atom. The minimum absolute atomic E-state index is 0.0727. The van der Waals surface area contributed by atoms with Gasteiger partial charge in [-0.3, -0.25) is 9.59 Å². The fourth-order valence-corrected chi connectivity index (χ4v) is 5.17. The van der Waals surface area contributed by atoms with Crippen LogP contribution in [-0.2, 0) is 14.3 Å². The Kier molecular flexibility index (Phi) is 5.90. The van der Waals surface area contributed by atoms with Gasteiger partial charge in [-0.15, -0.1) is 11.6 Å². The monoisotopic (exact) mass is 434 g/mol. The van der Waals surface area contributed by atoms with Gasteiger partial charge in [0.25, 0.3) is 5.91 Å². The van der Waals surface area contributed by atoms with Crippen molar-refractivity contribution in [1.29, 1.82) is 0 Å². The molecule has 5 nitrogen and oxygen atoms in total. The molecule has 1 aromatic carbocycles. The number of halogens is 2. The van der Waals surface area contributed by atoms with Gasteiger partial charge in [-0.1, -0.05) is 19.1 Å². The number of amides is 1. The third kappa shape index (κ3) is 3.76. The van der Waals surface area contributed by atoms with Crippen molar-refractivity contribution < 1.29 is 18.7 Å². The largest absolute Gasteiger partial charge is 0.483 e. The Labute approximate surface area is 181 Å². The molecule has 1 fully saturated rings. The van der Waals surface area contributed by atoms with E-state index in [9.17, 15) is 14.0 Å². The maximum atomic E-state index is 14.0. The van der Waals surface area contributed by atoms with Gasteiger partial charge in [0.1, 0.15) is 11.9 Å². The second-order valence-electron chi connectivity index (χ2n) is 8.95. The highest BCUT2D eigenvalue weighted by Crippen LogP contribution is 2.48. The Balaban J connectivity index is 1.71. The first-order chi connectivity index (χ1) is 14.3. The van der Waals surface area contributed by atoms with Gasteiger partial charge < -0.3 is 14.5 Å². The van der Waals surface area contributed by atoms with Crippen LogP contribution in [0.4, 0.5) is 4.39 Å². The molecule has 4 rings (SSSR count). The molecule has 5 unspecified atom stereocenters. The highest BCUT2D eigenvalue weighted by atomic mass is 35.5. The molecule has 0 aromatic heterocycles. The second-order valence-corrected chi connectivity index (χ2v) is 9.51. The summed E-state index contributed by atoms with van der Waals surface area (Å²) >= 11 is 6.47. The smallest absolute Gasteiger partial charge is 0.290 e. The number of carbonyl (C=O) groups is 2. The van der Waals surface area contributed by atoms with Crippen LogP contribution in [0.2, 0.25) is 0 Å². The summed E-state index contributed by atoms with van der Waals surface area (Å²) in [5.41, 5.74) is 0.968. The minimum atomic E-state index is -0.619. The summed E-state index contributed by atoms with van der Waals surface area (Å²) in [5.74, 6) is -0.721. The van der Waals surface area contributed by atoms with Crippen molar-refractivity contribution in [1.82, 2.24) is 9.80 Å². The average Bonchev–Trinajstić information content (AvgIpc) is 2.96. The highest BCUT2D eigenvalue weighted by molar-refractivity contribution is 6.21. The molecule has 2 heterocycles. The third-order valence-electron chi connectivity index (χ3n) is 6.47. The number of Topliss-reactive ketones (excluding diaryl/α,β-unsaturated/α-hetero) is 1. The predicted molar refractivity (Wildman–Crippen MR) is 112 cm³/mol. The lowest BCUT2D eigenvalue weighted by molar-refractivity contribution is -0.136. The van der Waals surface area contributed by atoms with Crippen LogP contribution in [0.3, 0.4) is 0 Å². The van der Waals surface area contributed by atoms with Crippen LogP contribution >= 0.6 is 11.6 Å². The van der Waals surface area contributed by atoms with Crippen LogP contribution in [0, 0.1) is 17.7 Å². The first-order valence-electron chi connectivity index (χ1n) is 10.6. The van der Waals surface area contributed by atoms with Crippen molar-refractivity contribution in [2.45, 2.75) is 43.7 Å². The average molecular weight is 435 g/mol. The van der Waals surface area contributed by atoms with Crippen LogP contribution < -0.4 is 0 Å². The molecule has 0 N–H and O–H groups in total. The van der Waals surface area contributed by atoms with Gasteiger partial charge in [-0.25, -0.2) is 4.39 Å². The minimum Gasteiger partial charge on any atom is -0.483 e. The van der Waals surface area contributed by atoms with Gasteiger partial charge in [-0.2, -0.15) is 0 Å². The van der Waals surface area contributed by atoms with Crippen molar-refractivity contribution in [2.75, 3.05) is 27.2 Å². The van der Waals surface area contributed by atoms with E-state index in [4.69, 9.17) is 16.3 Å². The summed E-state index contributed by atoms with van der Waals surface area (Å²) in [5, 5.41) is -0.0955. The van der Waals surface area contributed by atoms with Gasteiger partial charge in [-0.05, 0) is 63.5 Å². The van der Waals surface area contributed by atoms with Crippen LogP contribution in [0.15, 0.2) is 35.6 Å². The molecule has 3 aliphatic rings. The van der Waals surface area contributed by atoms with E-state index in [-0.39, 0.29) is 40.8 Å². The van der Waals surface area contributed by atoms with Crippen molar-refractivity contribution >= 4 is 23.3 Å². The zero-order valence-electron chi connectivity index (χ0n) is 17.6. The second kappa shape index (κ2) is 8.31. The molecule has 1 amide bonds. The van der Waals surface area contributed by atoms with Gasteiger partial charge >= 0.3 is 0 Å². The maximum absolute atomic E-state index is 14.0. The zero-order chi connectivity index (χ0) is 21.6. The van der Waals surface area contributed by atoms with Crippen molar-refractivity contribution in [3.05, 3.63) is 47.0 Å². The van der Waals surface area contributed by atoms with Gasteiger partial charge in [0.2, 0.25) is 0 Å². The van der Waals surface area contributed by atoms with Gasteiger partial charge in [0.05, 0.1) is 17.5 Å². The number of hydrogen-bond acceptors (Lipinski definition) is 4. The Morgan fingerprint density at radius 1 is 1.27 bits per heavy atom. The molecule has 1 saturated carbocycles. The molecule has 162 valence electrons. The third-order valence-corrected chi connectivity index (χ3v) is 7.08. The van der Waals surface area contributed by atoms with Crippen molar-refractivity contribution in [3.63, 3.8) is 0 Å². The molecular weight excluding hydrogens is 407 g/mol. The zero-order valence-corrected chi connectivity index (χ0v) is 18.4. The fraction of sp³-hybridized carbons (Fsp3) is 0.565. The Bertz CT molecular complexity index is 887. The van der Waals surface area contributed by atoms with Gasteiger partial charge in [0, 0.05) is 11.9 Å². The lowest BCUT2D eigenvalue weighted by atomic mass is 9.74. The number of hydrogen-bond donors (Lipinski definition) is 0. The van der Waals surface area contributed by atoms with Crippen LogP contribution in [-0.4, -0.2) is 60.2 Å². The van der Waals surface area contributed by atoms with E-state index < -0.39 is 11.9 Å². The summed E-state index contributed by atoms with van der Waals surface area (Å²) in [6, 6.07) is 5.52. The standard InChI is InChI=1S/C23H28ClFN2O3/c1-13-10-18-16(12-17(13)24)21(28)19-20(14-6-4-7-15(25)11-14)27(9-5-8-26(2)3)23(29)22(19)30-18/h4,6-7,11,13,16-18,20H,5,8-10,12H2,1-3H3. The first-order valence-corrected chi connectivity index (χ1v) is 11.0. The van der Waals surface area contributed by atoms with Gasteiger partial charge in [0.15, 0.2) is 11.5 Å². The quantitative estimate of drug-likeness (QED) is 0.665. The molecule has 1 aliphatic carbocycles. The number of alkyl halides is 1. The van der Waals surface area contributed by atoms with Crippen LogP contribution in [0.25, 0.3) is 0 Å². The predicted octanol–water partition coefficient (Wildman–Crippen LogP) is 3.54. The Hall–Kier alpha value is -1.92. The molecule has 1 aromatic rings. The number of rotatable bonds is 5.